The fourth-order valence-corrected chi connectivity index (χ4v) is 2.13. The lowest BCUT2D eigenvalue weighted by atomic mass is 10.1. The summed E-state index contributed by atoms with van der Waals surface area (Å²) < 4.78 is 23.4. The predicted octanol–water partition coefficient (Wildman–Crippen LogP) is 3.75. The Labute approximate surface area is 127 Å². The van der Waals surface area contributed by atoms with Gasteiger partial charge in [0.1, 0.15) is 5.82 Å². The molecule has 0 atom stereocenters. The third-order valence-corrected chi connectivity index (χ3v) is 3.19. The zero-order valence-electron chi connectivity index (χ0n) is 11.9. The third kappa shape index (κ3) is 3.09. The van der Waals surface area contributed by atoms with Gasteiger partial charge in [-0.2, -0.15) is 0 Å². The number of carbonyl (C=O) groups is 1. The summed E-state index contributed by atoms with van der Waals surface area (Å²) in [5.41, 5.74) is 1.91. The zero-order valence-corrected chi connectivity index (χ0v) is 11.9. The summed E-state index contributed by atoms with van der Waals surface area (Å²) in [5.74, 6) is 0.818. The van der Waals surface area contributed by atoms with E-state index < -0.39 is 0 Å². The number of rotatable bonds is 4. The molecule has 0 spiro atoms. The molecular weight excluding hydrogens is 285 g/mol. The molecule has 0 saturated carbocycles. The first-order valence-corrected chi connectivity index (χ1v) is 6.77. The number of fused-ring (bicyclic) bond motifs is 1. The maximum atomic E-state index is 12.8. The summed E-state index contributed by atoms with van der Waals surface area (Å²) >= 11 is 0. The van der Waals surface area contributed by atoms with Crippen molar-refractivity contribution in [3.8, 4) is 11.5 Å². The molecule has 0 unspecified atom stereocenters. The molecule has 0 radical (unpaired) electrons. The minimum atomic E-state index is -0.365. The standard InChI is InChI=1S/C17H14FNO3/c1-11(8-15(20)12-2-4-13(18)5-3-12)19-14-6-7-16-17(9-14)22-10-21-16/h2-9,19H,10H2,1H3/b11-8+. The van der Waals surface area contributed by atoms with Crippen molar-refractivity contribution in [1.29, 1.82) is 0 Å². The van der Waals surface area contributed by atoms with E-state index >= 15 is 0 Å². The lowest BCUT2D eigenvalue weighted by molar-refractivity contribution is 0.104. The molecule has 0 amide bonds. The number of hydrogen-bond donors (Lipinski definition) is 1. The van der Waals surface area contributed by atoms with Crippen LogP contribution in [-0.2, 0) is 0 Å². The molecule has 0 saturated heterocycles. The molecule has 0 bridgehead atoms. The lowest BCUT2D eigenvalue weighted by Crippen LogP contribution is -2.01. The number of anilines is 1. The summed E-state index contributed by atoms with van der Waals surface area (Å²) in [6.45, 7) is 2.00. The van der Waals surface area contributed by atoms with Gasteiger partial charge >= 0.3 is 0 Å². The number of hydrogen-bond acceptors (Lipinski definition) is 4. The van der Waals surface area contributed by atoms with Crippen molar-refractivity contribution in [1.82, 2.24) is 0 Å². The molecule has 1 heterocycles. The Hall–Kier alpha value is -2.82. The molecule has 4 nitrogen and oxygen atoms in total. The summed E-state index contributed by atoms with van der Waals surface area (Å²) in [4.78, 5) is 12.1. The van der Waals surface area contributed by atoms with Crippen LogP contribution in [0.25, 0.3) is 0 Å². The first-order valence-electron chi connectivity index (χ1n) is 6.77. The Balaban J connectivity index is 1.72. The van der Waals surface area contributed by atoms with E-state index in [1.54, 1.807) is 13.0 Å². The van der Waals surface area contributed by atoms with Crippen LogP contribution in [0, 0.1) is 5.82 Å². The van der Waals surface area contributed by atoms with Crippen LogP contribution in [0.3, 0.4) is 0 Å². The quantitative estimate of drug-likeness (QED) is 0.690. The lowest BCUT2D eigenvalue weighted by Gasteiger charge is -2.07. The van der Waals surface area contributed by atoms with E-state index in [0.717, 1.165) is 5.69 Å². The molecule has 1 aliphatic heterocycles. The molecule has 0 fully saturated rings. The molecule has 0 aromatic heterocycles. The fourth-order valence-electron chi connectivity index (χ4n) is 2.13. The van der Waals surface area contributed by atoms with Crippen LogP contribution in [0.2, 0.25) is 0 Å². The van der Waals surface area contributed by atoms with E-state index in [1.807, 2.05) is 12.1 Å². The first-order chi connectivity index (χ1) is 10.6. The third-order valence-electron chi connectivity index (χ3n) is 3.19. The van der Waals surface area contributed by atoms with E-state index in [-0.39, 0.29) is 18.4 Å². The van der Waals surface area contributed by atoms with E-state index in [2.05, 4.69) is 5.32 Å². The van der Waals surface area contributed by atoms with Crippen LogP contribution in [0.5, 0.6) is 11.5 Å². The van der Waals surface area contributed by atoms with Gasteiger partial charge in [0, 0.05) is 29.1 Å². The number of benzene rings is 2. The van der Waals surface area contributed by atoms with Crippen LogP contribution < -0.4 is 14.8 Å². The van der Waals surface area contributed by atoms with Gasteiger partial charge in [-0.05, 0) is 43.3 Å². The van der Waals surface area contributed by atoms with Crippen molar-refractivity contribution >= 4 is 11.5 Å². The second-order valence-corrected chi connectivity index (χ2v) is 4.89. The van der Waals surface area contributed by atoms with Crippen molar-refractivity contribution in [2.24, 2.45) is 0 Å². The van der Waals surface area contributed by atoms with Crippen molar-refractivity contribution in [3.63, 3.8) is 0 Å². The average Bonchev–Trinajstić information content (AvgIpc) is 2.95. The predicted molar refractivity (Wildman–Crippen MR) is 80.7 cm³/mol. The molecule has 22 heavy (non-hydrogen) atoms. The van der Waals surface area contributed by atoms with Gasteiger partial charge in [-0.3, -0.25) is 4.79 Å². The van der Waals surface area contributed by atoms with E-state index in [9.17, 15) is 9.18 Å². The summed E-state index contributed by atoms with van der Waals surface area (Å²) in [5, 5.41) is 3.11. The Bertz CT molecular complexity index is 738. The molecule has 0 aliphatic carbocycles. The topological polar surface area (TPSA) is 47.6 Å². The SMILES string of the molecule is C/C(=C\C(=O)c1ccc(F)cc1)Nc1ccc2c(c1)OCO2. The highest BCUT2D eigenvalue weighted by Gasteiger charge is 2.13. The minimum absolute atomic E-state index is 0.189. The van der Waals surface area contributed by atoms with Crippen molar-refractivity contribution in [2.75, 3.05) is 12.1 Å². The normalized spacial score (nSPS) is 13.1. The Morgan fingerprint density at radius 3 is 2.64 bits per heavy atom. The average molecular weight is 299 g/mol. The van der Waals surface area contributed by atoms with Crippen LogP contribution >= 0.6 is 0 Å². The smallest absolute Gasteiger partial charge is 0.231 e. The molecule has 2 aromatic carbocycles. The van der Waals surface area contributed by atoms with Crippen LogP contribution in [-0.4, -0.2) is 12.6 Å². The number of allylic oxidation sites excluding steroid dienone is 2. The van der Waals surface area contributed by atoms with Gasteiger partial charge < -0.3 is 14.8 Å². The van der Waals surface area contributed by atoms with Gasteiger partial charge in [-0.15, -0.1) is 0 Å². The molecular formula is C17H14FNO3. The first kappa shape index (κ1) is 14.1. The molecule has 5 heteroatoms. The van der Waals surface area contributed by atoms with Crippen LogP contribution in [0.4, 0.5) is 10.1 Å². The van der Waals surface area contributed by atoms with Gasteiger partial charge in [-0.25, -0.2) is 4.39 Å². The Morgan fingerprint density at radius 2 is 1.86 bits per heavy atom. The van der Waals surface area contributed by atoms with Crippen molar-refractivity contribution < 1.29 is 18.7 Å². The highest BCUT2D eigenvalue weighted by molar-refractivity contribution is 6.05. The highest BCUT2D eigenvalue weighted by atomic mass is 19.1. The number of ether oxygens (including phenoxy) is 2. The summed E-state index contributed by atoms with van der Waals surface area (Å²) in [6, 6.07) is 10.9. The zero-order chi connectivity index (χ0) is 15.5. The monoisotopic (exact) mass is 299 g/mol. The molecule has 2 aromatic rings. The van der Waals surface area contributed by atoms with Crippen LogP contribution in [0.1, 0.15) is 17.3 Å². The van der Waals surface area contributed by atoms with E-state index in [0.29, 0.717) is 22.8 Å². The second-order valence-electron chi connectivity index (χ2n) is 4.89. The molecule has 112 valence electrons. The Morgan fingerprint density at radius 1 is 1.14 bits per heavy atom. The maximum absolute atomic E-state index is 12.8. The highest BCUT2D eigenvalue weighted by Crippen LogP contribution is 2.34. The number of ketones is 1. The van der Waals surface area contributed by atoms with Gasteiger partial charge in [0.2, 0.25) is 6.79 Å². The largest absolute Gasteiger partial charge is 0.454 e. The van der Waals surface area contributed by atoms with Gasteiger partial charge in [0.25, 0.3) is 0 Å². The molecule has 1 N–H and O–H groups in total. The number of halogens is 1. The molecule has 1 aliphatic rings. The fraction of sp³-hybridized carbons (Fsp3) is 0.118. The minimum Gasteiger partial charge on any atom is -0.454 e. The second kappa shape index (κ2) is 5.89. The maximum Gasteiger partial charge on any atom is 0.231 e. The number of nitrogens with one attached hydrogen (secondary N) is 1. The van der Waals surface area contributed by atoms with Crippen molar-refractivity contribution in [3.05, 3.63) is 65.6 Å². The summed E-state index contributed by atoms with van der Waals surface area (Å²) in [7, 11) is 0. The van der Waals surface area contributed by atoms with E-state index in [1.165, 1.54) is 30.3 Å². The van der Waals surface area contributed by atoms with Crippen LogP contribution in [0.15, 0.2) is 54.2 Å². The molecule has 3 rings (SSSR count). The summed E-state index contributed by atoms with van der Waals surface area (Å²) in [6.07, 6.45) is 1.47. The van der Waals surface area contributed by atoms with E-state index in [4.69, 9.17) is 9.47 Å². The Kier molecular flexibility index (Phi) is 3.78. The number of carbonyl (C=O) groups excluding carboxylic acids is 1. The van der Waals surface area contributed by atoms with Gasteiger partial charge in [-0.1, -0.05) is 0 Å². The van der Waals surface area contributed by atoms with Crippen molar-refractivity contribution in [2.45, 2.75) is 6.92 Å². The van der Waals surface area contributed by atoms with Gasteiger partial charge in [0.15, 0.2) is 17.3 Å². The van der Waals surface area contributed by atoms with Gasteiger partial charge in [0.05, 0.1) is 0 Å².